The van der Waals surface area contributed by atoms with E-state index in [9.17, 15) is 9.59 Å². The first kappa shape index (κ1) is 26.5. The predicted octanol–water partition coefficient (Wildman–Crippen LogP) is 4.04. The fourth-order valence-electron chi connectivity index (χ4n) is 3.60. The lowest BCUT2D eigenvalue weighted by Gasteiger charge is -2.26. The average Bonchev–Trinajstić information content (AvgIpc) is 3.32. The maximum atomic E-state index is 12.6. The molecule has 2 aromatic carbocycles. The summed E-state index contributed by atoms with van der Waals surface area (Å²) in [6, 6.07) is 13.7. The first-order valence-electron chi connectivity index (χ1n) is 11.1. The van der Waals surface area contributed by atoms with Crippen LogP contribution in [0.5, 0.6) is 0 Å². The number of ether oxygens (including phenoxy) is 1. The number of nitrogens with one attached hydrogen (secondary N) is 3. The first-order valence-corrected chi connectivity index (χ1v) is 11.5. The standard InChI is InChI=1S/C24H27ClN6O3.ClH/c25-21-7-1-2-8-22(21)29-24(33)28-19-16-27-31(17-19)20-6-3-5-18(15-20)23(32)26-9-4-10-30-11-13-34-14-12-30;/h1-3,5-8,15-17H,4,9-14H2,(H,26,32)(H2,28,29,33);1H. The molecule has 3 aromatic rings. The van der Waals surface area contributed by atoms with E-state index in [0.717, 1.165) is 39.3 Å². The summed E-state index contributed by atoms with van der Waals surface area (Å²) in [7, 11) is 0. The molecular weight excluding hydrogens is 491 g/mol. The number of aromatic nitrogens is 2. The van der Waals surface area contributed by atoms with Gasteiger partial charge in [-0.2, -0.15) is 5.10 Å². The third-order valence-electron chi connectivity index (χ3n) is 5.38. The molecule has 1 aromatic heterocycles. The second-order valence-corrected chi connectivity index (χ2v) is 8.25. The number of anilines is 2. The zero-order valence-corrected chi connectivity index (χ0v) is 20.6. The smallest absolute Gasteiger partial charge is 0.323 e. The van der Waals surface area contributed by atoms with E-state index in [0.29, 0.717) is 34.2 Å². The number of benzene rings is 2. The first-order chi connectivity index (χ1) is 16.6. The number of urea groups is 1. The number of hydrogen-bond acceptors (Lipinski definition) is 5. The third kappa shape index (κ3) is 7.69. The SMILES string of the molecule is Cl.O=C(Nc1cnn(-c2cccc(C(=O)NCCCN3CCOCC3)c2)c1)Nc1ccccc1Cl. The van der Waals surface area contributed by atoms with E-state index >= 15 is 0 Å². The van der Waals surface area contributed by atoms with Crippen molar-refractivity contribution >= 4 is 47.3 Å². The lowest BCUT2D eigenvalue weighted by Crippen LogP contribution is -2.38. The molecule has 4 rings (SSSR count). The van der Waals surface area contributed by atoms with Crippen LogP contribution in [0, 0.1) is 0 Å². The summed E-state index contributed by atoms with van der Waals surface area (Å²) in [4.78, 5) is 27.2. The van der Waals surface area contributed by atoms with Gasteiger partial charge >= 0.3 is 6.03 Å². The van der Waals surface area contributed by atoms with Gasteiger partial charge in [0.15, 0.2) is 0 Å². The minimum Gasteiger partial charge on any atom is -0.379 e. The number of halogens is 2. The van der Waals surface area contributed by atoms with Crippen molar-refractivity contribution in [3.05, 3.63) is 71.5 Å². The normalized spacial score (nSPS) is 13.5. The van der Waals surface area contributed by atoms with E-state index < -0.39 is 6.03 Å². The Labute approximate surface area is 215 Å². The monoisotopic (exact) mass is 518 g/mol. The van der Waals surface area contributed by atoms with Gasteiger partial charge in [-0.3, -0.25) is 9.69 Å². The van der Waals surface area contributed by atoms with Crippen molar-refractivity contribution in [3.8, 4) is 5.69 Å². The number of para-hydroxylation sites is 1. The van der Waals surface area contributed by atoms with Crippen LogP contribution >= 0.6 is 24.0 Å². The second kappa shape index (κ2) is 13.1. The van der Waals surface area contributed by atoms with Gasteiger partial charge in [0.2, 0.25) is 0 Å². The van der Waals surface area contributed by atoms with Gasteiger partial charge in [0.05, 0.1) is 47.7 Å². The van der Waals surface area contributed by atoms with Gasteiger partial charge in [-0.05, 0) is 43.3 Å². The van der Waals surface area contributed by atoms with E-state index in [1.54, 1.807) is 53.3 Å². The van der Waals surface area contributed by atoms with Crippen LogP contribution in [0.2, 0.25) is 5.02 Å². The number of carbonyl (C=O) groups is 2. The lowest BCUT2D eigenvalue weighted by atomic mass is 10.2. The van der Waals surface area contributed by atoms with Crippen molar-refractivity contribution in [1.82, 2.24) is 20.0 Å². The summed E-state index contributed by atoms with van der Waals surface area (Å²) >= 11 is 6.07. The Kier molecular flexibility index (Phi) is 9.92. The topological polar surface area (TPSA) is 101 Å². The second-order valence-electron chi connectivity index (χ2n) is 7.85. The lowest BCUT2D eigenvalue weighted by molar-refractivity contribution is 0.0374. The molecule has 3 amide bonds. The number of rotatable bonds is 8. The van der Waals surface area contributed by atoms with Crippen LogP contribution in [0.25, 0.3) is 5.69 Å². The Morgan fingerprint density at radius 3 is 2.66 bits per heavy atom. The minimum atomic E-state index is -0.433. The molecular formula is C24H28Cl2N6O3. The summed E-state index contributed by atoms with van der Waals surface area (Å²) in [5.74, 6) is -0.131. The molecule has 1 aliphatic heterocycles. The Morgan fingerprint density at radius 1 is 1.06 bits per heavy atom. The highest BCUT2D eigenvalue weighted by Gasteiger charge is 2.12. The molecule has 0 atom stereocenters. The maximum absolute atomic E-state index is 12.6. The fraction of sp³-hybridized carbons (Fsp3) is 0.292. The number of carbonyl (C=O) groups excluding carboxylic acids is 2. The van der Waals surface area contributed by atoms with Gasteiger partial charge in [-0.15, -0.1) is 12.4 Å². The number of morpholine rings is 1. The summed E-state index contributed by atoms with van der Waals surface area (Å²) in [5, 5.41) is 13.1. The maximum Gasteiger partial charge on any atom is 0.323 e. The molecule has 0 aliphatic carbocycles. The minimum absolute atomic E-state index is 0. The largest absolute Gasteiger partial charge is 0.379 e. The summed E-state index contributed by atoms with van der Waals surface area (Å²) < 4.78 is 6.95. The van der Waals surface area contributed by atoms with Crippen molar-refractivity contribution in [3.63, 3.8) is 0 Å². The highest BCUT2D eigenvalue weighted by Crippen LogP contribution is 2.21. The van der Waals surface area contributed by atoms with Crippen molar-refractivity contribution in [2.45, 2.75) is 6.42 Å². The molecule has 186 valence electrons. The molecule has 1 fully saturated rings. The highest BCUT2D eigenvalue weighted by atomic mass is 35.5. The molecule has 11 heteroatoms. The van der Waals surface area contributed by atoms with Gasteiger partial charge in [-0.1, -0.05) is 29.8 Å². The van der Waals surface area contributed by atoms with Crippen LogP contribution < -0.4 is 16.0 Å². The Hall–Kier alpha value is -3.11. The molecule has 1 saturated heterocycles. The van der Waals surface area contributed by atoms with Gasteiger partial charge in [0, 0.05) is 25.2 Å². The molecule has 0 radical (unpaired) electrons. The van der Waals surface area contributed by atoms with Gasteiger partial charge < -0.3 is 20.7 Å². The number of amides is 3. The van der Waals surface area contributed by atoms with Crippen LogP contribution in [0.4, 0.5) is 16.2 Å². The zero-order chi connectivity index (χ0) is 23.8. The Morgan fingerprint density at radius 2 is 1.86 bits per heavy atom. The molecule has 3 N–H and O–H groups in total. The van der Waals surface area contributed by atoms with Crippen LogP contribution in [0.3, 0.4) is 0 Å². The Bertz CT molecular complexity index is 1130. The Balaban J connectivity index is 0.00000342. The van der Waals surface area contributed by atoms with Crippen molar-refractivity contribution in [1.29, 1.82) is 0 Å². The number of hydrogen-bond donors (Lipinski definition) is 3. The molecule has 0 spiro atoms. The van der Waals surface area contributed by atoms with Gasteiger partial charge in [0.25, 0.3) is 5.91 Å². The van der Waals surface area contributed by atoms with E-state index in [4.69, 9.17) is 16.3 Å². The molecule has 0 unspecified atom stereocenters. The van der Waals surface area contributed by atoms with Crippen LogP contribution in [0.15, 0.2) is 60.9 Å². The summed E-state index contributed by atoms with van der Waals surface area (Å²) in [5.41, 5.74) is 2.27. The zero-order valence-electron chi connectivity index (χ0n) is 19.1. The molecule has 35 heavy (non-hydrogen) atoms. The van der Waals surface area contributed by atoms with E-state index in [-0.39, 0.29) is 18.3 Å². The fourth-order valence-corrected chi connectivity index (χ4v) is 3.78. The van der Waals surface area contributed by atoms with Crippen molar-refractivity contribution in [2.24, 2.45) is 0 Å². The van der Waals surface area contributed by atoms with E-state index in [2.05, 4.69) is 25.9 Å². The van der Waals surface area contributed by atoms with E-state index in [1.807, 2.05) is 6.07 Å². The highest BCUT2D eigenvalue weighted by molar-refractivity contribution is 6.33. The van der Waals surface area contributed by atoms with Crippen LogP contribution in [-0.2, 0) is 4.74 Å². The van der Waals surface area contributed by atoms with Gasteiger partial charge in [-0.25, -0.2) is 9.48 Å². The van der Waals surface area contributed by atoms with Gasteiger partial charge in [0.1, 0.15) is 0 Å². The van der Waals surface area contributed by atoms with Crippen LogP contribution in [-0.4, -0.2) is 66.0 Å². The summed E-state index contributed by atoms with van der Waals surface area (Å²) in [6.45, 7) is 4.98. The molecule has 0 bridgehead atoms. The molecule has 1 aliphatic rings. The predicted molar refractivity (Wildman–Crippen MR) is 139 cm³/mol. The molecule has 2 heterocycles. The van der Waals surface area contributed by atoms with Crippen LogP contribution in [0.1, 0.15) is 16.8 Å². The third-order valence-corrected chi connectivity index (χ3v) is 5.71. The van der Waals surface area contributed by atoms with E-state index in [1.165, 1.54) is 6.20 Å². The average molecular weight is 519 g/mol. The molecule has 0 saturated carbocycles. The van der Waals surface area contributed by atoms with Crippen molar-refractivity contribution < 1.29 is 14.3 Å². The quantitative estimate of drug-likeness (QED) is 0.390. The number of nitrogens with zero attached hydrogens (tertiary/aromatic N) is 3. The van der Waals surface area contributed by atoms with Crippen molar-refractivity contribution in [2.75, 3.05) is 50.0 Å². The summed E-state index contributed by atoms with van der Waals surface area (Å²) in [6.07, 6.45) is 4.09. The molecule has 9 nitrogen and oxygen atoms in total.